The number of ether oxygens (including phenoxy) is 1. The van der Waals surface area contributed by atoms with Gasteiger partial charge in [0.1, 0.15) is 26.2 Å². The molecular weight excluding hydrogens is 425 g/mol. The molecule has 1 saturated heterocycles. The number of nitrogens with one attached hydrogen (secondary N) is 2. The van der Waals surface area contributed by atoms with E-state index < -0.39 is 0 Å². The lowest BCUT2D eigenvalue weighted by atomic mass is 10.1. The van der Waals surface area contributed by atoms with Gasteiger partial charge in [-0.1, -0.05) is 24.3 Å². The van der Waals surface area contributed by atoms with Gasteiger partial charge in [0.2, 0.25) is 0 Å². The highest BCUT2D eigenvalue weighted by atomic mass is 35.5. The minimum Gasteiger partial charge on any atom is -1.00 e. The Balaban J connectivity index is 0.00000160. The molecule has 0 radical (unpaired) electrons. The zero-order valence-electron chi connectivity index (χ0n) is 17.0. The second-order valence-electron chi connectivity index (χ2n) is 7.46. The van der Waals surface area contributed by atoms with E-state index in [1.54, 1.807) is 31.4 Å². The maximum atomic E-state index is 12.4. The molecule has 2 amide bonds. The van der Waals surface area contributed by atoms with Gasteiger partial charge in [-0.05, 0) is 18.2 Å². The maximum absolute atomic E-state index is 12.4. The first-order chi connectivity index (χ1) is 13.7. The zero-order valence-corrected chi connectivity index (χ0v) is 18.5. The fourth-order valence-electron chi connectivity index (χ4n) is 4.29. The van der Waals surface area contributed by atoms with Crippen LogP contribution in [0.3, 0.4) is 0 Å². The van der Waals surface area contributed by atoms with Gasteiger partial charge < -0.3 is 34.5 Å². The second-order valence-corrected chi connectivity index (χ2v) is 7.46. The van der Waals surface area contributed by atoms with E-state index in [0.29, 0.717) is 17.7 Å². The third-order valence-corrected chi connectivity index (χ3v) is 5.84. The molecule has 8 heteroatoms. The normalized spacial score (nSPS) is 20.2. The van der Waals surface area contributed by atoms with Crippen molar-refractivity contribution in [2.24, 2.45) is 0 Å². The molecule has 162 valence electrons. The highest BCUT2D eigenvalue weighted by Crippen LogP contribution is 2.22. The average Bonchev–Trinajstić information content (AvgIpc) is 2.99. The summed E-state index contributed by atoms with van der Waals surface area (Å²) in [6, 6.07) is 15.3. The van der Waals surface area contributed by atoms with E-state index in [9.17, 15) is 9.59 Å². The van der Waals surface area contributed by atoms with Crippen molar-refractivity contribution in [3.63, 3.8) is 0 Å². The second kappa shape index (κ2) is 10.8. The van der Waals surface area contributed by atoms with Gasteiger partial charge in [0.05, 0.1) is 24.8 Å². The van der Waals surface area contributed by atoms with Crippen LogP contribution in [-0.4, -0.2) is 63.1 Å². The third kappa shape index (κ3) is 4.78. The van der Waals surface area contributed by atoms with Gasteiger partial charge in [0.25, 0.3) is 11.8 Å². The highest BCUT2D eigenvalue weighted by Gasteiger charge is 2.35. The fourth-order valence-corrected chi connectivity index (χ4v) is 4.29. The monoisotopic (exact) mass is 451 g/mol. The number of nitrogens with zero attached hydrogens (tertiary/aromatic N) is 1. The molecule has 0 aliphatic carbocycles. The summed E-state index contributed by atoms with van der Waals surface area (Å²) >= 11 is 0. The molecule has 2 N–H and O–H groups in total. The molecule has 2 heterocycles. The number of rotatable bonds is 6. The summed E-state index contributed by atoms with van der Waals surface area (Å²) in [5.41, 5.74) is 2.30. The number of halogens is 2. The first-order valence-corrected chi connectivity index (χ1v) is 9.96. The summed E-state index contributed by atoms with van der Waals surface area (Å²) in [5.74, 6) is 0.647. The van der Waals surface area contributed by atoms with Crippen molar-refractivity contribution in [2.45, 2.75) is 6.42 Å². The van der Waals surface area contributed by atoms with Crippen LogP contribution < -0.4 is 39.4 Å². The summed E-state index contributed by atoms with van der Waals surface area (Å²) in [7, 11) is 1.72. The standard InChI is InChI=1S/C22H25N3O3.2ClH/c1-28-20-10-5-4-9-19(20)24-15-13-23(14-16-24)11-6-12-25-21(26)17-7-2-3-8-18(17)22(25)27;;/h2-5,7-10H,6,11-16H2,1H3;2*1H. The van der Waals surface area contributed by atoms with Gasteiger partial charge in [0.15, 0.2) is 11.4 Å². The number of para-hydroxylation sites is 2. The lowest BCUT2D eigenvalue weighted by Crippen LogP contribution is -3.26. The molecule has 2 aromatic rings. The summed E-state index contributed by atoms with van der Waals surface area (Å²) < 4.78 is 5.50. The number of carbonyl (C=O) groups excluding carboxylic acids is 2. The van der Waals surface area contributed by atoms with E-state index in [4.69, 9.17) is 4.74 Å². The summed E-state index contributed by atoms with van der Waals surface area (Å²) in [4.78, 5) is 29.3. The molecule has 30 heavy (non-hydrogen) atoms. The number of quaternary nitrogens is 2. The quantitative estimate of drug-likeness (QED) is 0.429. The van der Waals surface area contributed by atoms with Gasteiger partial charge >= 0.3 is 0 Å². The van der Waals surface area contributed by atoms with E-state index in [1.165, 1.54) is 20.4 Å². The Morgan fingerprint density at radius 1 is 0.867 bits per heavy atom. The predicted octanol–water partition coefficient (Wildman–Crippen LogP) is -6.20. The maximum Gasteiger partial charge on any atom is 0.261 e. The fraction of sp³-hybridized carbons (Fsp3) is 0.364. The minimum absolute atomic E-state index is 0. The smallest absolute Gasteiger partial charge is 0.261 e. The molecule has 0 unspecified atom stereocenters. The number of amides is 2. The van der Waals surface area contributed by atoms with Crippen LogP contribution in [0.2, 0.25) is 0 Å². The van der Waals surface area contributed by atoms with Crippen LogP contribution in [0.25, 0.3) is 0 Å². The Morgan fingerprint density at radius 2 is 1.43 bits per heavy atom. The van der Waals surface area contributed by atoms with Crippen molar-refractivity contribution >= 4 is 17.5 Å². The molecule has 4 rings (SSSR count). The van der Waals surface area contributed by atoms with Crippen LogP contribution in [0.1, 0.15) is 27.1 Å². The Kier molecular flexibility index (Phi) is 8.67. The van der Waals surface area contributed by atoms with Gasteiger partial charge in [0, 0.05) is 19.0 Å². The molecule has 0 atom stereocenters. The van der Waals surface area contributed by atoms with Gasteiger partial charge in [-0.2, -0.15) is 0 Å². The largest absolute Gasteiger partial charge is 1.00 e. The van der Waals surface area contributed by atoms with Gasteiger partial charge in [-0.25, -0.2) is 0 Å². The van der Waals surface area contributed by atoms with E-state index in [2.05, 4.69) is 12.1 Å². The van der Waals surface area contributed by atoms with Crippen LogP contribution in [0.5, 0.6) is 5.75 Å². The average molecular weight is 452 g/mol. The molecule has 2 aliphatic rings. The lowest BCUT2D eigenvalue weighted by molar-refractivity contribution is -0.986. The highest BCUT2D eigenvalue weighted by molar-refractivity contribution is 6.21. The number of hydrogen-bond donors (Lipinski definition) is 2. The van der Waals surface area contributed by atoms with E-state index >= 15 is 0 Å². The molecule has 6 nitrogen and oxygen atoms in total. The Labute approximate surface area is 189 Å². The molecular formula is C22H27Cl2N3O3. The van der Waals surface area contributed by atoms with Crippen molar-refractivity contribution in [1.29, 1.82) is 0 Å². The number of carbonyl (C=O) groups is 2. The molecule has 0 saturated carbocycles. The van der Waals surface area contributed by atoms with Crippen molar-refractivity contribution < 1.29 is 48.9 Å². The van der Waals surface area contributed by atoms with Crippen molar-refractivity contribution in [1.82, 2.24) is 4.90 Å². The Hall–Kier alpha value is -2.12. The molecule has 2 aliphatic heterocycles. The van der Waals surface area contributed by atoms with Crippen LogP contribution in [-0.2, 0) is 0 Å². The van der Waals surface area contributed by atoms with Crippen molar-refractivity contribution in [3.05, 3.63) is 59.7 Å². The van der Waals surface area contributed by atoms with Crippen LogP contribution in [0.4, 0.5) is 5.69 Å². The molecule has 1 fully saturated rings. The third-order valence-electron chi connectivity index (χ3n) is 5.84. The molecule has 0 bridgehead atoms. The number of benzene rings is 2. The van der Waals surface area contributed by atoms with Crippen LogP contribution in [0.15, 0.2) is 48.5 Å². The van der Waals surface area contributed by atoms with Gasteiger partial charge in [-0.15, -0.1) is 0 Å². The first-order valence-electron chi connectivity index (χ1n) is 9.96. The summed E-state index contributed by atoms with van der Waals surface area (Å²) in [6.07, 6.45) is 0.838. The molecule has 0 spiro atoms. The Bertz CT molecular complexity index is 850. The number of piperazine rings is 1. The Morgan fingerprint density at radius 3 is 2.03 bits per heavy atom. The zero-order chi connectivity index (χ0) is 19.5. The topological polar surface area (TPSA) is 55.5 Å². The molecule has 0 aromatic heterocycles. The van der Waals surface area contributed by atoms with Crippen LogP contribution >= 0.6 is 0 Å². The number of fused-ring (bicyclic) bond motifs is 1. The molecule has 2 aromatic carbocycles. The summed E-state index contributed by atoms with van der Waals surface area (Å²) in [5, 5.41) is 0. The van der Waals surface area contributed by atoms with Crippen molar-refractivity contribution in [2.75, 3.05) is 46.4 Å². The summed E-state index contributed by atoms with van der Waals surface area (Å²) in [6.45, 7) is 5.75. The number of imide groups is 1. The lowest BCUT2D eigenvalue weighted by Gasteiger charge is -2.30. The SMILES string of the molecule is COc1ccccc1[NH+]1CC[NH+](CCCN2C(=O)c3ccccc3C2=O)CC1.[Cl-].[Cl-]. The predicted molar refractivity (Wildman–Crippen MR) is 105 cm³/mol. The number of methoxy groups -OCH3 is 1. The van der Waals surface area contributed by atoms with E-state index in [-0.39, 0.29) is 36.6 Å². The van der Waals surface area contributed by atoms with Crippen molar-refractivity contribution in [3.8, 4) is 5.75 Å². The first kappa shape index (κ1) is 24.2. The van der Waals surface area contributed by atoms with E-state index in [1.807, 2.05) is 12.1 Å². The minimum atomic E-state index is -0.152. The van der Waals surface area contributed by atoms with Gasteiger partial charge in [-0.3, -0.25) is 19.4 Å². The number of hydrogen-bond acceptors (Lipinski definition) is 3. The van der Waals surface area contributed by atoms with E-state index in [0.717, 1.165) is 44.9 Å². The van der Waals surface area contributed by atoms with Crippen LogP contribution in [0, 0.1) is 0 Å².